The smallest absolute Gasteiger partial charge is 0.226 e. The molecular weight excluding hydrogens is 336 g/mol. The number of amides is 1. The highest BCUT2D eigenvalue weighted by molar-refractivity contribution is 5.85. The first-order valence-corrected chi connectivity index (χ1v) is 10.3. The van der Waals surface area contributed by atoms with Gasteiger partial charge < -0.3 is 14.9 Å². The Kier molecular flexibility index (Phi) is 5.46. The summed E-state index contributed by atoms with van der Waals surface area (Å²) in [6.07, 6.45) is 4.83. The second kappa shape index (κ2) is 7.99. The Labute approximate surface area is 161 Å². The number of hydrogen-bond acceptors (Lipinski definition) is 3. The molecule has 1 amide bonds. The minimum absolute atomic E-state index is 0.0237. The van der Waals surface area contributed by atoms with Crippen molar-refractivity contribution >= 4 is 16.7 Å². The summed E-state index contributed by atoms with van der Waals surface area (Å²) in [6.45, 7) is 5.06. The molecule has 2 aliphatic rings. The van der Waals surface area contributed by atoms with Gasteiger partial charge in [0.2, 0.25) is 5.91 Å². The third kappa shape index (κ3) is 4.17. The summed E-state index contributed by atoms with van der Waals surface area (Å²) < 4.78 is 0. The number of aliphatic hydroxyl groups is 1. The van der Waals surface area contributed by atoms with Gasteiger partial charge in [-0.25, -0.2) is 0 Å². The van der Waals surface area contributed by atoms with Gasteiger partial charge in [-0.05, 0) is 55.1 Å². The zero-order chi connectivity index (χ0) is 18.7. The standard InChI is InChI=1S/C23H30N2O2/c26-18-23(17-24-11-3-4-12-24)9-13-25(14-10-23)22(27)16-19-7-8-20-5-1-2-6-21(20)15-19/h1-2,5-8,15,26H,3-4,9-14,16-18H2. The van der Waals surface area contributed by atoms with Crippen LogP contribution in [0.4, 0.5) is 0 Å². The molecule has 2 fully saturated rings. The summed E-state index contributed by atoms with van der Waals surface area (Å²) in [5.41, 5.74) is 1.05. The van der Waals surface area contributed by atoms with Crippen LogP contribution in [0.5, 0.6) is 0 Å². The van der Waals surface area contributed by atoms with Gasteiger partial charge in [-0.15, -0.1) is 0 Å². The maximum atomic E-state index is 12.8. The Hall–Kier alpha value is -1.91. The van der Waals surface area contributed by atoms with Crippen molar-refractivity contribution in [3.05, 3.63) is 48.0 Å². The number of carbonyl (C=O) groups is 1. The SMILES string of the molecule is O=C(Cc1ccc2ccccc2c1)N1CCC(CO)(CN2CCCC2)CC1. The van der Waals surface area contributed by atoms with Crippen molar-refractivity contribution in [3.8, 4) is 0 Å². The Bertz CT molecular complexity index is 790. The molecule has 0 aliphatic carbocycles. The average Bonchev–Trinajstić information content (AvgIpc) is 3.21. The van der Waals surface area contributed by atoms with Crippen molar-refractivity contribution in [3.63, 3.8) is 0 Å². The molecular formula is C23H30N2O2. The topological polar surface area (TPSA) is 43.8 Å². The van der Waals surface area contributed by atoms with Crippen LogP contribution in [0.2, 0.25) is 0 Å². The van der Waals surface area contributed by atoms with E-state index in [9.17, 15) is 9.90 Å². The number of aliphatic hydroxyl groups excluding tert-OH is 1. The third-order valence-corrected chi connectivity index (χ3v) is 6.44. The molecule has 0 spiro atoms. The van der Waals surface area contributed by atoms with Gasteiger partial charge in [-0.1, -0.05) is 42.5 Å². The lowest BCUT2D eigenvalue weighted by molar-refractivity contribution is -0.133. The van der Waals surface area contributed by atoms with Gasteiger partial charge in [0.25, 0.3) is 0 Å². The van der Waals surface area contributed by atoms with Gasteiger partial charge >= 0.3 is 0 Å². The van der Waals surface area contributed by atoms with E-state index in [0.29, 0.717) is 6.42 Å². The van der Waals surface area contributed by atoms with Crippen molar-refractivity contribution in [2.45, 2.75) is 32.1 Å². The molecule has 27 heavy (non-hydrogen) atoms. The fourth-order valence-corrected chi connectivity index (χ4v) is 4.65. The first-order chi connectivity index (χ1) is 13.2. The van der Waals surface area contributed by atoms with Gasteiger partial charge in [0.15, 0.2) is 0 Å². The van der Waals surface area contributed by atoms with Crippen LogP contribution >= 0.6 is 0 Å². The lowest BCUT2D eigenvalue weighted by atomic mass is 9.78. The molecule has 2 aromatic rings. The van der Waals surface area contributed by atoms with E-state index < -0.39 is 0 Å². The molecule has 1 N–H and O–H groups in total. The molecule has 4 heteroatoms. The van der Waals surface area contributed by atoms with Crippen LogP contribution in [0.1, 0.15) is 31.2 Å². The summed E-state index contributed by atoms with van der Waals surface area (Å²) in [5, 5.41) is 12.4. The van der Waals surface area contributed by atoms with Crippen molar-refractivity contribution in [1.82, 2.24) is 9.80 Å². The summed E-state index contributed by atoms with van der Waals surface area (Å²) >= 11 is 0. The minimum atomic E-state index is -0.0237. The van der Waals surface area contributed by atoms with E-state index in [1.807, 2.05) is 17.0 Å². The number of rotatable bonds is 5. The second-order valence-corrected chi connectivity index (χ2v) is 8.38. The zero-order valence-electron chi connectivity index (χ0n) is 16.1. The van der Waals surface area contributed by atoms with E-state index in [2.05, 4.69) is 35.2 Å². The number of nitrogens with zero attached hydrogens (tertiary/aromatic N) is 2. The lowest BCUT2D eigenvalue weighted by Crippen LogP contribution is -2.49. The highest BCUT2D eigenvalue weighted by atomic mass is 16.3. The molecule has 0 atom stereocenters. The van der Waals surface area contributed by atoms with Crippen molar-refractivity contribution < 1.29 is 9.90 Å². The van der Waals surface area contributed by atoms with Crippen LogP contribution in [-0.4, -0.2) is 60.1 Å². The molecule has 0 bridgehead atoms. The van der Waals surface area contributed by atoms with Crippen LogP contribution < -0.4 is 0 Å². The highest BCUT2D eigenvalue weighted by Crippen LogP contribution is 2.33. The summed E-state index contributed by atoms with van der Waals surface area (Å²) in [5.74, 6) is 0.206. The maximum absolute atomic E-state index is 12.8. The number of fused-ring (bicyclic) bond motifs is 1. The van der Waals surface area contributed by atoms with Gasteiger partial charge in [0, 0.05) is 25.0 Å². The molecule has 4 rings (SSSR count). The summed E-state index contributed by atoms with van der Waals surface area (Å²) in [6, 6.07) is 14.6. The number of carbonyl (C=O) groups excluding carboxylic acids is 1. The van der Waals surface area contributed by atoms with E-state index in [4.69, 9.17) is 0 Å². The van der Waals surface area contributed by atoms with Gasteiger partial charge in [-0.3, -0.25) is 4.79 Å². The zero-order valence-corrected chi connectivity index (χ0v) is 16.1. The van der Waals surface area contributed by atoms with E-state index in [0.717, 1.165) is 51.1 Å². The third-order valence-electron chi connectivity index (χ3n) is 6.44. The van der Waals surface area contributed by atoms with Crippen molar-refractivity contribution in [1.29, 1.82) is 0 Å². The lowest BCUT2D eigenvalue weighted by Gasteiger charge is -2.42. The van der Waals surface area contributed by atoms with Crippen LogP contribution in [0.3, 0.4) is 0 Å². The quantitative estimate of drug-likeness (QED) is 0.884. The summed E-state index contributed by atoms with van der Waals surface area (Å²) in [4.78, 5) is 17.3. The molecule has 0 aromatic heterocycles. The Morgan fingerprint density at radius 3 is 2.37 bits per heavy atom. The fraction of sp³-hybridized carbons (Fsp3) is 0.522. The molecule has 0 radical (unpaired) electrons. The summed E-state index contributed by atoms with van der Waals surface area (Å²) in [7, 11) is 0. The highest BCUT2D eigenvalue weighted by Gasteiger charge is 2.37. The van der Waals surface area contributed by atoms with Gasteiger partial charge in [0.1, 0.15) is 0 Å². The van der Waals surface area contributed by atoms with Gasteiger partial charge in [-0.2, -0.15) is 0 Å². The molecule has 4 nitrogen and oxygen atoms in total. The number of hydrogen-bond donors (Lipinski definition) is 1. The maximum Gasteiger partial charge on any atom is 0.226 e. The van der Waals surface area contributed by atoms with Crippen LogP contribution in [-0.2, 0) is 11.2 Å². The molecule has 0 unspecified atom stereocenters. The Morgan fingerprint density at radius 1 is 0.963 bits per heavy atom. The Balaban J connectivity index is 1.35. The number of piperidine rings is 1. The first kappa shape index (κ1) is 18.5. The second-order valence-electron chi connectivity index (χ2n) is 8.38. The average molecular weight is 367 g/mol. The first-order valence-electron chi connectivity index (χ1n) is 10.3. The molecule has 2 aromatic carbocycles. The van der Waals surface area contributed by atoms with E-state index in [-0.39, 0.29) is 17.9 Å². The van der Waals surface area contributed by atoms with Crippen LogP contribution in [0.15, 0.2) is 42.5 Å². The largest absolute Gasteiger partial charge is 0.396 e. The monoisotopic (exact) mass is 366 g/mol. The van der Waals surface area contributed by atoms with Crippen molar-refractivity contribution in [2.75, 3.05) is 39.3 Å². The number of benzene rings is 2. The molecule has 2 heterocycles. The van der Waals surface area contributed by atoms with Crippen LogP contribution in [0, 0.1) is 5.41 Å². The predicted molar refractivity (Wildman–Crippen MR) is 109 cm³/mol. The molecule has 2 saturated heterocycles. The number of likely N-dealkylation sites (tertiary alicyclic amines) is 2. The van der Waals surface area contributed by atoms with Crippen molar-refractivity contribution in [2.24, 2.45) is 5.41 Å². The molecule has 0 saturated carbocycles. The van der Waals surface area contributed by atoms with Crippen LogP contribution in [0.25, 0.3) is 10.8 Å². The predicted octanol–water partition coefficient (Wildman–Crippen LogP) is 3.08. The van der Waals surface area contributed by atoms with E-state index in [1.54, 1.807) is 0 Å². The molecule has 2 aliphatic heterocycles. The van der Waals surface area contributed by atoms with E-state index in [1.165, 1.54) is 23.6 Å². The van der Waals surface area contributed by atoms with E-state index >= 15 is 0 Å². The minimum Gasteiger partial charge on any atom is -0.396 e. The normalized spacial score (nSPS) is 20.3. The fourth-order valence-electron chi connectivity index (χ4n) is 4.65. The Morgan fingerprint density at radius 2 is 1.67 bits per heavy atom. The van der Waals surface area contributed by atoms with Gasteiger partial charge in [0.05, 0.1) is 13.0 Å². The molecule has 144 valence electrons.